The van der Waals surface area contributed by atoms with Crippen molar-refractivity contribution >= 4 is 24.2 Å². The Hall–Kier alpha value is -1.80. The predicted molar refractivity (Wildman–Crippen MR) is 93.3 cm³/mol. The predicted octanol–water partition coefficient (Wildman–Crippen LogP) is 1.87. The van der Waals surface area contributed by atoms with E-state index < -0.39 is 23.5 Å². The summed E-state index contributed by atoms with van der Waals surface area (Å²) in [7, 11) is 0. The Labute approximate surface area is 156 Å². The summed E-state index contributed by atoms with van der Waals surface area (Å²) in [5.41, 5.74) is 5.83. The second kappa shape index (κ2) is 9.78. The average Bonchev–Trinajstić information content (AvgIpc) is 2.78. The lowest BCUT2D eigenvalue weighted by atomic mass is 10.0. The summed E-state index contributed by atoms with van der Waals surface area (Å²) < 4.78 is 39.8. The molecule has 2 N–H and O–H groups in total. The Bertz CT molecular complexity index is 660. The van der Waals surface area contributed by atoms with Gasteiger partial charge in [-0.2, -0.15) is 0 Å². The Morgan fingerprint density at radius 3 is 2.27 bits per heavy atom. The van der Waals surface area contributed by atoms with E-state index in [2.05, 4.69) is 0 Å². The molecule has 1 aromatic carbocycles. The number of benzene rings is 1. The van der Waals surface area contributed by atoms with Crippen molar-refractivity contribution in [3.8, 4) is 0 Å². The molecular formula is C17H23ClF3N3O2. The number of nitrogens with two attached hydrogens (primary N) is 1. The van der Waals surface area contributed by atoms with Crippen LogP contribution in [0.5, 0.6) is 0 Å². The molecule has 1 aliphatic heterocycles. The largest absolute Gasteiger partial charge is 0.341 e. The van der Waals surface area contributed by atoms with Gasteiger partial charge in [-0.3, -0.25) is 9.59 Å². The summed E-state index contributed by atoms with van der Waals surface area (Å²) in [5.74, 6) is -3.51. The Kier molecular flexibility index (Phi) is 8.36. The van der Waals surface area contributed by atoms with E-state index in [4.69, 9.17) is 5.73 Å². The van der Waals surface area contributed by atoms with E-state index in [0.717, 1.165) is 6.07 Å². The molecule has 0 spiro atoms. The van der Waals surface area contributed by atoms with Crippen molar-refractivity contribution in [1.29, 1.82) is 0 Å². The summed E-state index contributed by atoms with van der Waals surface area (Å²) in [6.07, 6.45) is 0.582. The minimum absolute atomic E-state index is 0. The highest BCUT2D eigenvalue weighted by Gasteiger charge is 2.22. The van der Waals surface area contributed by atoms with Crippen LogP contribution in [0.25, 0.3) is 0 Å². The number of amides is 2. The van der Waals surface area contributed by atoms with E-state index in [-0.39, 0.29) is 42.6 Å². The first-order valence-corrected chi connectivity index (χ1v) is 8.20. The maximum Gasteiger partial charge on any atom is 0.224 e. The fourth-order valence-corrected chi connectivity index (χ4v) is 2.91. The molecule has 5 nitrogen and oxygen atoms in total. The van der Waals surface area contributed by atoms with Crippen molar-refractivity contribution < 1.29 is 22.8 Å². The third-order valence-electron chi connectivity index (χ3n) is 4.30. The fourth-order valence-electron chi connectivity index (χ4n) is 2.91. The maximum atomic E-state index is 13.7. The van der Waals surface area contributed by atoms with Crippen molar-refractivity contribution in [2.75, 3.05) is 26.2 Å². The zero-order valence-electron chi connectivity index (χ0n) is 14.5. The highest BCUT2D eigenvalue weighted by molar-refractivity contribution is 5.85. The molecule has 0 unspecified atom stereocenters. The van der Waals surface area contributed by atoms with Crippen LogP contribution in [0, 0.1) is 17.5 Å². The lowest BCUT2D eigenvalue weighted by Gasteiger charge is -2.23. The van der Waals surface area contributed by atoms with Crippen molar-refractivity contribution in [2.24, 2.45) is 5.73 Å². The molecule has 1 aliphatic rings. The van der Waals surface area contributed by atoms with Gasteiger partial charge < -0.3 is 15.5 Å². The van der Waals surface area contributed by atoms with Crippen LogP contribution < -0.4 is 5.73 Å². The summed E-state index contributed by atoms with van der Waals surface area (Å²) in [6, 6.07) is 0.537. The van der Waals surface area contributed by atoms with E-state index in [1.54, 1.807) is 9.80 Å². The minimum atomic E-state index is -1.26. The molecule has 1 fully saturated rings. The molecule has 0 saturated carbocycles. The van der Waals surface area contributed by atoms with E-state index in [1.165, 1.54) is 6.92 Å². The third-order valence-corrected chi connectivity index (χ3v) is 4.30. The molecule has 26 heavy (non-hydrogen) atoms. The van der Waals surface area contributed by atoms with Gasteiger partial charge in [-0.25, -0.2) is 13.2 Å². The van der Waals surface area contributed by atoms with Gasteiger partial charge in [0, 0.05) is 51.6 Å². The second-order valence-electron chi connectivity index (χ2n) is 6.27. The van der Waals surface area contributed by atoms with Gasteiger partial charge >= 0.3 is 0 Å². The van der Waals surface area contributed by atoms with Crippen LogP contribution in [0.1, 0.15) is 25.3 Å². The quantitative estimate of drug-likeness (QED) is 0.794. The standard InChI is InChI=1S/C17H22F3N3O2.ClH/c1-11(24)22-3-2-4-23(6-5-22)17(25)9-13(21)7-12-8-15(19)16(20)10-14(12)18;/h8,10,13H,2-7,9,21H2,1H3;1H/t13-;/m1./s1. The van der Waals surface area contributed by atoms with Gasteiger partial charge in [-0.05, 0) is 24.5 Å². The monoisotopic (exact) mass is 393 g/mol. The lowest BCUT2D eigenvalue weighted by molar-refractivity contribution is -0.132. The van der Waals surface area contributed by atoms with Crippen LogP contribution in [0.2, 0.25) is 0 Å². The van der Waals surface area contributed by atoms with Gasteiger partial charge in [-0.1, -0.05) is 0 Å². The number of nitrogens with zero attached hydrogens (tertiary/aromatic N) is 2. The van der Waals surface area contributed by atoms with Crippen LogP contribution >= 0.6 is 12.4 Å². The molecule has 2 rings (SSSR count). The molecule has 1 heterocycles. The molecule has 1 aromatic rings. The molecular weight excluding hydrogens is 371 g/mol. The molecule has 0 aromatic heterocycles. The number of rotatable bonds is 4. The summed E-state index contributed by atoms with van der Waals surface area (Å²) in [6.45, 7) is 3.50. The highest BCUT2D eigenvalue weighted by Crippen LogP contribution is 2.16. The van der Waals surface area contributed by atoms with Crippen molar-refractivity contribution in [3.63, 3.8) is 0 Å². The molecule has 1 atom stereocenters. The van der Waals surface area contributed by atoms with Crippen molar-refractivity contribution in [3.05, 3.63) is 35.1 Å². The van der Waals surface area contributed by atoms with Crippen LogP contribution in [-0.2, 0) is 16.0 Å². The van der Waals surface area contributed by atoms with Crippen molar-refractivity contribution in [1.82, 2.24) is 9.80 Å². The van der Waals surface area contributed by atoms with E-state index in [1.807, 2.05) is 0 Å². The topological polar surface area (TPSA) is 66.6 Å². The number of hydrogen-bond acceptors (Lipinski definition) is 3. The molecule has 146 valence electrons. The molecule has 0 radical (unpaired) electrons. The molecule has 2 amide bonds. The van der Waals surface area contributed by atoms with Gasteiger partial charge in [-0.15, -0.1) is 12.4 Å². The van der Waals surface area contributed by atoms with Crippen molar-refractivity contribution in [2.45, 2.75) is 32.2 Å². The number of hydrogen-bond donors (Lipinski definition) is 1. The fraction of sp³-hybridized carbons (Fsp3) is 0.529. The number of carbonyl (C=O) groups is 2. The maximum absolute atomic E-state index is 13.7. The van der Waals surface area contributed by atoms with Crippen LogP contribution in [0.3, 0.4) is 0 Å². The highest BCUT2D eigenvalue weighted by atomic mass is 35.5. The Morgan fingerprint density at radius 2 is 1.62 bits per heavy atom. The van der Waals surface area contributed by atoms with Crippen LogP contribution in [0.4, 0.5) is 13.2 Å². The Morgan fingerprint density at radius 1 is 1.04 bits per heavy atom. The summed E-state index contributed by atoms with van der Waals surface area (Å²) >= 11 is 0. The molecule has 0 aliphatic carbocycles. The van der Waals surface area contributed by atoms with Gasteiger partial charge in [0.05, 0.1) is 0 Å². The summed E-state index contributed by atoms with van der Waals surface area (Å²) in [4.78, 5) is 27.1. The SMILES string of the molecule is CC(=O)N1CCCN(C(=O)C[C@H](N)Cc2cc(F)c(F)cc2F)CC1.Cl. The van der Waals surface area contributed by atoms with Crippen LogP contribution in [-0.4, -0.2) is 53.8 Å². The zero-order chi connectivity index (χ0) is 18.6. The smallest absolute Gasteiger partial charge is 0.224 e. The first-order chi connectivity index (χ1) is 11.8. The Balaban J connectivity index is 0.00000338. The molecule has 0 bridgehead atoms. The number of halogens is 4. The average molecular weight is 394 g/mol. The van der Waals surface area contributed by atoms with Crippen LogP contribution in [0.15, 0.2) is 12.1 Å². The number of carbonyl (C=O) groups excluding carboxylic acids is 2. The minimum Gasteiger partial charge on any atom is -0.341 e. The van der Waals surface area contributed by atoms with Gasteiger partial charge in [0.15, 0.2) is 11.6 Å². The van der Waals surface area contributed by atoms with Gasteiger partial charge in [0.2, 0.25) is 11.8 Å². The molecule has 9 heteroatoms. The molecule has 1 saturated heterocycles. The first kappa shape index (κ1) is 22.2. The third kappa shape index (κ3) is 5.88. The second-order valence-corrected chi connectivity index (χ2v) is 6.27. The first-order valence-electron chi connectivity index (χ1n) is 8.20. The van der Waals surface area contributed by atoms with Gasteiger partial charge in [0.25, 0.3) is 0 Å². The van der Waals surface area contributed by atoms with E-state index in [0.29, 0.717) is 38.7 Å². The van der Waals surface area contributed by atoms with Gasteiger partial charge in [0.1, 0.15) is 5.82 Å². The lowest BCUT2D eigenvalue weighted by Crippen LogP contribution is -2.39. The zero-order valence-corrected chi connectivity index (χ0v) is 15.3. The summed E-state index contributed by atoms with van der Waals surface area (Å²) in [5, 5.41) is 0. The van der Waals surface area contributed by atoms with E-state index in [9.17, 15) is 22.8 Å². The normalized spacial score (nSPS) is 15.9. The van der Waals surface area contributed by atoms with E-state index >= 15 is 0 Å².